The van der Waals surface area contributed by atoms with E-state index in [1.165, 1.54) is 12.1 Å². The average molecular weight is 512 g/mol. The summed E-state index contributed by atoms with van der Waals surface area (Å²) in [5, 5.41) is 13.0. The zero-order valence-electron chi connectivity index (χ0n) is 20.9. The van der Waals surface area contributed by atoms with Gasteiger partial charge in [0, 0.05) is 40.5 Å². The fourth-order valence-corrected chi connectivity index (χ4v) is 4.70. The number of non-ortho nitro benzene ring substituents is 1. The maximum atomic E-state index is 13.4. The molecule has 38 heavy (non-hydrogen) atoms. The lowest BCUT2D eigenvalue weighted by molar-refractivity contribution is -0.384. The number of nitrogens with one attached hydrogen (secondary N) is 1. The number of aromatic nitrogens is 2. The van der Waals surface area contributed by atoms with Crippen LogP contribution in [0.1, 0.15) is 40.4 Å². The molecule has 192 valence electrons. The van der Waals surface area contributed by atoms with Crippen LogP contribution in [0.4, 0.5) is 5.69 Å². The fraction of sp³-hybridized carbons (Fsp3) is 0.172. The molecule has 2 aromatic heterocycles. The van der Waals surface area contributed by atoms with Gasteiger partial charge in [0.05, 0.1) is 23.7 Å². The van der Waals surface area contributed by atoms with Crippen LogP contribution >= 0.6 is 0 Å². The molecule has 5 rings (SSSR count). The Morgan fingerprint density at radius 3 is 2.37 bits per heavy atom. The number of benzene rings is 3. The Morgan fingerprint density at radius 2 is 1.66 bits per heavy atom. The first-order valence-electron chi connectivity index (χ1n) is 12.2. The number of carbonyl (C=O) groups is 2. The Balaban J connectivity index is 1.78. The number of esters is 2. The standard InChI is InChI=1S/C29H25N3O6/c1-3-37-28(33)24-15-20-14-19(10-12-23(20)30-24)26-22-16-21(32(35)36)11-13-25(22)31(27(26)29(34)38-4-2)17-18-8-6-5-7-9-18/h5-16,30H,3-4,17H2,1-2H3. The van der Waals surface area contributed by atoms with Crippen LogP contribution in [0.2, 0.25) is 0 Å². The van der Waals surface area contributed by atoms with Crippen molar-refractivity contribution in [3.63, 3.8) is 0 Å². The molecule has 5 aromatic rings. The first-order chi connectivity index (χ1) is 18.4. The second-order valence-corrected chi connectivity index (χ2v) is 8.68. The number of hydrogen-bond donors (Lipinski definition) is 1. The van der Waals surface area contributed by atoms with Crippen molar-refractivity contribution in [1.29, 1.82) is 0 Å². The molecule has 0 amide bonds. The summed E-state index contributed by atoms with van der Waals surface area (Å²) in [6, 6.07) is 21.4. The highest BCUT2D eigenvalue weighted by molar-refractivity contribution is 6.10. The van der Waals surface area contributed by atoms with Crippen LogP contribution in [0.15, 0.2) is 72.8 Å². The van der Waals surface area contributed by atoms with Crippen molar-refractivity contribution in [3.05, 3.63) is 99.9 Å². The first-order valence-corrected chi connectivity index (χ1v) is 12.2. The maximum absolute atomic E-state index is 13.4. The fourth-order valence-electron chi connectivity index (χ4n) is 4.70. The smallest absolute Gasteiger partial charge is 0.355 e. The number of fused-ring (bicyclic) bond motifs is 2. The summed E-state index contributed by atoms with van der Waals surface area (Å²) in [7, 11) is 0. The van der Waals surface area contributed by atoms with Gasteiger partial charge in [-0.1, -0.05) is 36.4 Å². The van der Waals surface area contributed by atoms with E-state index >= 15 is 0 Å². The van der Waals surface area contributed by atoms with Crippen molar-refractivity contribution < 1.29 is 24.0 Å². The molecule has 0 bridgehead atoms. The minimum atomic E-state index is -0.529. The quantitative estimate of drug-likeness (QED) is 0.153. The molecule has 0 aliphatic carbocycles. The number of ether oxygens (including phenoxy) is 2. The summed E-state index contributed by atoms with van der Waals surface area (Å²) in [6.07, 6.45) is 0. The molecule has 0 radical (unpaired) electrons. The number of nitro groups is 1. The molecule has 9 nitrogen and oxygen atoms in total. The molecule has 3 aromatic carbocycles. The summed E-state index contributed by atoms with van der Waals surface area (Å²) in [4.78, 5) is 39.9. The van der Waals surface area contributed by atoms with Gasteiger partial charge in [-0.15, -0.1) is 0 Å². The van der Waals surface area contributed by atoms with E-state index < -0.39 is 16.9 Å². The molecule has 1 N–H and O–H groups in total. The average Bonchev–Trinajstić information content (AvgIpc) is 3.48. The van der Waals surface area contributed by atoms with Crippen molar-refractivity contribution in [1.82, 2.24) is 9.55 Å². The first kappa shape index (κ1) is 24.8. The van der Waals surface area contributed by atoms with E-state index in [0.29, 0.717) is 45.5 Å². The van der Waals surface area contributed by atoms with E-state index in [0.717, 1.165) is 10.9 Å². The molecule has 0 aliphatic heterocycles. The monoisotopic (exact) mass is 511 g/mol. The van der Waals surface area contributed by atoms with Crippen LogP contribution < -0.4 is 0 Å². The van der Waals surface area contributed by atoms with E-state index in [4.69, 9.17) is 9.47 Å². The van der Waals surface area contributed by atoms with Gasteiger partial charge < -0.3 is 19.0 Å². The second-order valence-electron chi connectivity index (χ2n) is 8.68. The summed E-state index contributed by atoms with van der Waals surface area (Å²) in [6.45, 7) is 4.26. The van der Waals surface area contributed by atoms with Gasteiger partial charge in [0.15, 0.2) is 0 Å². The van der Waals surface area contributed by atoms with Crippen molar-refractivity contribution >= 4 is 39.4 Å². The molecule has 0 spiro atoms. The minimum Gasteiger partial charge on any atom is -0.461 e. The third-order valence-electron chi connectivity index (χ3n) is 6.31. The van der Waals surface area contributed by atoms with Gasteiger partial charge in [0.25, 0.3) is 5.69 Å². The lowest BCUT2D eigenvalue weighted by Gasteiger charge is -2.12. The Kier molecular flexibility index (Phi) is 6.66. The molecular formula is C29H25N3O6. The van der Waals surface area contributed by atoms with E-state index in [1.54, 1.807) is 32.0 Å². The van der Waals surface area contributed by atoms with Gasteiger partial charge in [0.2, 0.25) is 0 Å². The molecule has 0 saturated heterocycles. The SMILES string of the molecule is CCOC(=O)c1cc2cc(-c3c(C(=O)OCC)n(Cc4ccccc4)c4ccc([N+](=O)[O-])cc34)ccc2[nH]1. The number of H-pyrrole nitrogens is 1. The van der Waals surface area contributed by atoms with Crippen molar-refractivity contribution in [2.75, 3.05) is 13.2 Å². The zero-order chi connectivity index (χ0) is 26.8. The van der Waals surface area contributed by atoms with Gasteiger partial charge in [-0.2, -0.15) is 0 Å². The van der Waals surface area contributed by atoms with Crippen LogP contribution in [0, 0.1) is 10.1 Å². The Labute approximate surface area is 217 Å². The molecule has 2 heterocycles. The summed E-state index contributed by atoms with van der Waals surface area (Å²) < 4.78 is 12.4. The highest BCUT2D eigenvalue weighted by Gasteiger charge is 2.27. The highest BCUT2D eigenvalue weighted by Crippen LogP contribution is 2.39. The molecule has 0 saturated carbocycles. The number of rotatable bonds is 8. The molecule has 0 atom stereocenters. The van der Waals surface area contributed by atoms with Crippen LogP contribution in [0.25, 0.3) is 32.9 Å². The predicted molar refractivity (Wildman–Crippen MR) is 143 cm³/mol. The van der Waals surface area contributed by atoms with Gasteiger partial charge in [-0.3, -0.25) is 10.1 Å². The van der Waals surface area contributed by atoms with E-state index in [2.05, 4.69) is 4.98 Å². The zero-order valence-corrected chi connectivity index (χ0v) is 20.9. The number of hydrogen-bond acceptors (Lipinski definition) is 6. The third-order valence-corrected chi connectivity index (χ3v) is 6.31. The largest absolute Gasteiger partial charge is 0.461 e. The number of nitrogens with zero attached hydrogens (tertiary/aromatic N) is 2. The number of nitro benzene ring substituents is 1. The topological polar surface area (TPSA) is 116 Å². The maximum Gasteiger partial charge on any atom is 0.355 e. The highest BCUT2D eigenvalue weighted by atomic mass is 16.6. The Morgan fingerprint density at radius 1 is 0.921 bits per heavy atom. The molecule has 0 unspecified atom stereocenters. The molecule has 0 aliphatic rings. The Bertz CT molecular complexity index is 1680. The Hall–Kier alpha value is -4.92. The number of aromatic amines is 1. The minimum absolute atomic E-state index is 0.0849. The number of carbonyl (C=O) groups excluding carboxylic acids is 2. The van der Waals surface area contributed by atoms with Gasteiger partial charge in [-0.05, 0) is 49.2 Å². The van der Waals surface area contributed by atoms with Gasteiger partial charge >= 0.3 is 11.9 Å². The van der Waals surface area contributed by atoms with Gasteiger partial charge in [-0.25, -0.2) is 9.59 Å². The lowest BCUT2D eigenvalue weighted by Crippen LogP contribution is -2.14. The predicted octanol–water partition coefficient (Wildman–Crippen LogP) is 6.10. The summed E-state index contributed by atoms with van der Waals surface area (Å²) in [5.74, 6) is -0.994. The van der Waals surface area contributed by atoms with Crippen LogP contribution in [0.3, 0.4) is 0 Å². The van der Waals surface area contributed by atoms with Crippen LogP contribution in [-0.4, -0.2) is 39.6 Å². The molecule has 9 heteroatoms. The van der Waals surface area contributed by atoms with Crippen molar-refractivity contribution in [2.24, 2.45) is 0 Å². The van der Waals surface area contributed by atoms with E-state index in [-0.39, 0.29) is 18.9 Å². The van der Waals surface area contributed by atoms with E-state index in [1.807, 2.05) is 47.0 Å². The van der Waals surface area contributed by atoms with Crippen LogP contribution in [0.5, 0.6) is 0 Å². The molecular weight excluding hydrogens is 486 g/mol. The van der Waals surface area contributed by atoms with Crippen molar-refractivity contribution in [2.45, 2.75) is 20.4 Å². The van der Waals surface area contributed by atoms with Crippen LogP contribution in [-0.2, 0) is 16.0 Å². The normalized spacial score (nSPS) is 11.1. The van der Waals surface area contributed by atoms with Gasteiger partial charge in [0.1, 0.15) is 11.4 Å². The lowest BCUT2D eigenvalue weighted by atomic mass is 10.00. The summed E-state index contributed by atoms with van der Waals surface area (Å²) in [5.41, 5.74) is 4.05. The second kappa shape index (κ2) is 10.2. The molecule has 0 fully saturated rings. The van der Waals surface area contributed by atoms with Crippen molar-refractivity contribution in [3.8, 4) is 11.1 Å². The van der Waals surface area contributed by atoms with E-state index in [9.17, 15) is 19.7 Å². The summed E-state index contributed by atoms with van der Waals surface area (Å²) >= 11 is 0. The third kappa shape index (κ3) is 4.50.